The molecule has 0 saturated carbocycles. The molecule has 22 heavy (non-hydrogen) atoms. The van der Waals surface area contributed by atoms with Gasteiger partial charge in [0.2, 0.25) is 0 Å². The van der Waals surface area contributed by atoms with Crippen LogP contribution in [0.1, 0.15) is 29.9 Å². The minimum absolute atomic E-state index is 0.0767. The second kappa shape index (κ2) is 6.12. The van der Waals surface area contributed by atoms with E-state index in [2.05, 4.69) is 5.16 Å². The summed E-state index contributed by atoms with van der Waals surface area (Å²) in [5, 5.41) is 3.88. The summed E-state index contributed by atoms with van der Waals surface area (Å²) in [7, 11) is 0. The maximum absolute atomic E-state index is 14.4. The molecule has 1 atom stereocenters. The lowest BCUT2D eigenvalue weighted by Gasteiger charge is -2.10. The third-order valence-electron chi connectivity index (χ3n) is 3.79. The first-order valence-electron chi connectivity index (χ1n) is 7.19. The maximum Gasteiger partial charge on any atom is 0.144 e. The number of nitrogens with zero attached hydrogens (tertiary/aromatic N) is 1. The molecule has 0 fully saturated rings. The molecule has 0 spiro atoms. The summed E-state index contributed by atoms with van der Waals surface area (Å²) < 4.78 is 19.7. The molecule has 3 nitrogen and oxygen atoms in total. The highest BCUT2D eigenvalue weighted by Crippen LogP contribution is 2.29. The lowest BCUT2D eigenvalue weighted by molar-refractivity contribution is 0.370. The van der Waals surface area contributed by atoms with Crippen LogP contribution in [0.5, 0.6) is 0 Å². The summed E-state index contributed by atoms with van der Waals surface area (Å²) in [6.07, 6.45) is 0. The van der Waals surface area contributed by atoms with Crippen LogP contribution in [0, 0.1) is 5.82 Å². The highest BCUT2D eigenvalue weighted by Gasteiger charge is 2.16. The summed E-state index contributed by atoms with van der Waals surface area (Å²) in [5.74, 6) is 0.369. The molecule has 0 bridgehead atoms. The third-order valence-corrected chi connectivity index (χ3v) is 3.79. The molecule has 0 aliphatic rings. The molecule has 3 aromatic rings. The molecular weight excluding hydrogens is 279 g/mol. The first kappa shape index (κ1) is 14.5. The highest BCUT2D eigenvalue weighted by atomic mass is 19.1. The van der Waals surface area contributed by atoms with Crippen molar-refractivity contribution in [3.63, 3.8) is 0 Å². The molecule has 0 amide bonds. The highest BCUT2D eigenvalue weighted by molar-refractivity contribution is 5.64. The van der Waals surface area contributed by atoms with Crippen LogP contribution < -0.4 is 5.73 Å². The summed E-state index contributed by atoms with van der Waals surface area (Å²) in [4.78, 5) is 0. The van der Waals surface area contributed by atoms with Gasteiger partial charge in [0.1, 0.15) is 11.6 Å². The van der Waals surface area contributed by atoms with E-state index < -0.39 is 0 Å². The monoisotopic (exact) mass is 296 g/mol. The van der Waals surface area contributed by atoms with Crippen LogP contribution in [-0.2, 0) is 6.54 Å². The van der Waals surface area contributed by atoms with Crippen LogP contribution in [0.3, 0.4) is 0 Å². The Morgan fingerprint density at radius 1 is 1.14 bits per heavy atom. The molecule has 1 aromatic heterocycles. The first-order valence-corrected chi connectivity index (χ1v) is 7.19. The van der Waals surface area contributed by atoms with E-state index >= 15 is 0 Å². The van der Waals surface area contributed by atoms with Crippen molar-refractivity contribution >= 4 is 0 Å². The molecule has 0 aliphatic carbocycles. The Morgan fingerprint density at radius 3 is 2.55 bits per heavy atom. The molecule has 1 heterocycles. The Bertz CT molecular complexity index is 768. The van der Waals surface area contributed by atoms with Crippen LogP contribution in [0.15, 0.2) is 59.1 Å². The van der Waals surface area contributed by atoms with Gasteiger partial charge in [-0.2, -0.15) is 0 Å². The van der Waals surface area contributed by atoms with Gasteiger partial charge in [-0.1, -0.05) is 54.5 Å². The number of halogens is 1. The van der Waals surface area contributed by atoms with Crippen molar-refractivity contribution in [3.8, 4) is 11.1 Å². The number of benzene rings is 2. The van der Waals surface area contributed by atoms with E-state index in [1.54, 1.807) is 12.1 Å². The van der Waals surface area contributed by atoms with E-state index in [1.807, 2.05) is 49.4 Å². The number of nitrogens with two attached hydrogens (primary N) is 1. The van der Waals surface area contributed by atoms with Gasteiger partial charge in [-0.15, -0.1) is 0 Å². The zero-order valence-electron chi connectivity index (χ0n) is 12.3. The first-order chi connectivity index (χ1) is 10.7. The number of rotatable bonds is 4. The van der Waals surface area contributed by atoms with Crippen molar-refractivity contribution in [2.24, 2.45) is 5.73 Å². The molecule has 0 aliphatic heterocycles. The lowest BCUT2D eigenvalue weighted by atomic mass is 9.95. The van der Waals surface area contributed by atoms with E-state index in [9.17, 15) is 4.39 Å². The third kappa shape index (κ3) is 2.78. The second-order valence-electron chi connectivity index (χ2n) is 5.25. The van der Waals surface area contributed by atoms with Gasteiger partial charge in [0.25, 0.3) is 0 Å². The van der Waals surface area contributed by atoms with Crippen LogP contribution in [-0.4, -0.2) is 5.16 Å². The van der Waals surface area contributed by atoms with Crippen molar-refractivity contribution in [1.29, 1.82) is 0 Å². The Labute approximate surface area is 128 Å². The summed E-state index contributed by atoms with van der Waals surface area (Å²) in [6, 6.07) is 16.6. The normalized spacial score (nSPS) is 12.3. The Morgan fingerprint density at radius 2 is 1.91 bits per heavy atom. The van der Waals surface area contributed by atoms with Crippen LogP contribution in [0.4, 0.5) is 4.39 Å². The van der Waals surface area contributed by atoms with Crippen LogP contribution in [0.25, 0.3) is 11.1 Å². The Balaban J connectivity index is 1.91. The molecule has 2 aromatic carbocycles. The standard InChI is InChI=1S/C18H17FN2O/c1-12(18-10-15(11-20)21-22-18)14-7-8-16(17(19)9-14)13-5-3-2-4-6-13/h2-10,12H,11,20H2,1H3. The van der Waals surface area contributed by atoms with Gasteiger partial charge >= 0.3 is 0 Å². The number of hydrogen-bond acceptors (Lipinski definition) is 3. The molecule has 3 rings (SSSR count). The summed E-state index contributed by atoms with van der Waals surface area (Å²) in [5.41, 5.74) is 8.53. The number of aromatic nitrogens is 1. The van der Waals surface area contributed by atoms with Gasteiger partial charge in [-0.05, 0) is 17.2 Å². The molecule has 0 radical (unpaired) electrons. The van der Waals surface area contributed by atoms with Crippen LogP contribution in [0.2, 0.25) is 0 Å². The topological polar surface area (TPSA) is 52.0 Å². The molecule has 4 heteroatoms. The van der Waals surface area contributed by atoms with E-state index in [-0.39, 0.29) is 11.7 Å². The zero-order chi connectivity index (χ0) is 15.5. The van der Waals surface area contributed by atoms with Gasteiger partial charge in [-0.3, -0.25) is 0 Å². The van der Waals surface area contributed by atoms with E-state index in [4.69, 9.17) is 10.3 Å². The fraction of sp³-hybridized carbons (Fsp3) is 0.167. The van der Waals surface area contributed by atoms with Gasteiger partial charge in [-0.25, -0.2) is 4.39 Å². The van der Waals surface area contributed by atoms with Crippen molar-refractivity contribution in [1.82, 2.24) is 5.16 Å². The summed E-state index contributed by atoms with van der Waals surface area (Å²) >= 11 is 0. The predicted octanol–water partition coefficient (Wildman–Crippen LogP) is 4.09. The maximum atomic E-state index is 14.4. The van der Waals surface area contributed by atoms with Crippen LogP contribution >= 0.6 is 0 Å². The van der Waals surface area contributed by atoms with Crippen molar-refractivity contribution in [2.45, 2.75) is 19.4 Å². The minimum atomic E-state index is -0.242. The van der Waals surface area contributed by atoms with E-state index in [0.29, 0.717) is 23.6 Å². The largest absolute Gasteiger partial charge is 0.360 e. The smallest absolute Gasteiger partial charge is 0.144 e. The average molecular weight is 296 g/mol. The van der Waals surface area contributed by atoms with Gasteiger partial charge in [0.15, 0.2) is 0 Å². The van der Waals surface area contributed by atoms with Crippen molar-refractivity contribution in [3.05, 3.63) is 77.4 Å². The second-order valence-corrected chi connectivity index (χ2v) is 5.25. The molecular formula is C18H17FN2O. The summed E-state index contributed by atoms with van der Waals surface area (Å²) in [6.45, 7) is 2.29. The Kier molecular flexibility index (Phi) is 4.02. The fourth-order valence-corrected chi connectivity index (χ4v) is 2.45. The lowest BCUT2D eigenvalue weighted by Crippen LogP contribution is -1.97. The van der Waals surface area contributed by atoms with E-state index in [0.717, 1.165) is 11.1 Å². The molecule has 0 saturated heterocycles. The number of hydrogen-bond donors (Lipinski definition) is 1. The van der Waals surface area contributed by atoms with Gasteiger partial charge < -0.3 is 10.3 Å². The van der Waals surface area contributed by atoms with E-state index in [1.165, 1.54) is 0 Å². The molecule has 112 valence electrons. The zero-order valence-corrected chi connectivity index (χ0v) is 12.3. The predicted molar refractivity (Wildman–Crippen MR) is 83.7 cm³/mol. The fourth-order valence-electron chi connectivity index (χ4n) is 2.45. The van der Waals surface area contributed by atoms with Gasteiger partial charge in [0, 0.05) is 24.1 Å². The van der Waals surface area contributed by atoms with Crippen molar-refractivity contribution in [2.75, 3.05) is 0 Å². The minimum Gasteiger partial charge on any atom is -0.360 e. The quantitative estimate of drug-likeness (QED) is 0.789. The van der Waals surface area contributed by atoms with Gasteiger partial charge in [0.05, 0.1) is 5.69 Å². The molecule has 1 unspecified atom stereocenters. The average Bonchev–Trinajstić information content (AvgIpc) is 3.04. The SMILES string of the molecule is CC(c1ccc(-c2ccccc2)c(F)c1)c1cc(CN)no1. The Hall–Kier alpha value is -2.46. The van der Waals surface area contributed by atoms with Crippen molar-refractivity contribution < 1.29 is 8.91 Å². The molecule has 2 N–H and O–H groups in total.